The Labute approximate surface area is 250 Å². The average molecular weight is 614 g/mol. The van der Waals surface area contributed by atoms with Crippen LogP contribution >= 0.6 is 7.26 Å². The lowest BCUT2D eigenvalue weighted by Crippen LogP contribution is -3.00. The van der Waals surface area contributed by atoms with E-state index in [2.05, 4.69) is 105 Å². The molecule has 0 fully saturated rings. The van der Waals surface area contributed by atoms with Crippen molar-refractivity contribution in [3.8, 4) is 0 Å². The fourth-order valence-electron chi connectivity index (χ4n) is 5.18. The molecule has 0 aliphatic rings. The molecule has 0 heterocycles. The van der Waals surface area contributed by atoms with Crippen molar-refractivity contribution in [1.82, 2.24) is 0 Å². The van der Waals surface area contributed by atoms with Gasteiger partial charge in [-0.2, -0.15) is 0 Å². The highest BCUT2D eigenvalue weighted by molar-refractivity contribution is 7.95. The number of hydrogen-bond acceptors (Lipinski definition) is 2. The Morgan fingerprint density at radius 2 is 0.897 bits per heavy atom. The standard InChI is InChI=1S/C35H50O2P.BrH/c1-3-5-29-36-35(37-30-6-4-2)28-20-9-7-8-10-21-31-38(32-22-14-11-15-23-32,33-24-16-12-17-25-33)34-26-18-13-19-27-34;/h11-19,22-27,35H,3-10,20-21,28-31H2,1-2H3;1H/q+1;/p-1. The molecule has 0 unspecified atom stereocenters. The largest absolute Gasteiger partial charge is 1.00 e. The molecule has 0 aromatic heterocycles. The summed E-state index contributed by atoms with van der Waals surface area (Å²) in [7, 11) is -1.69. The Morgan fingerprint density at radius 3 is 1.31 bits per heavy atom. The van der Waals surface area contributed by atoms with Crippen LogP contribution in [0.1, 0.15) is 84.5 Å². The third kappa shape index (κ3) is 11.1. The van der Waals surface area contributed by atoms with E-state index in [0.29, 0.717) is 0 Å². The van der Waals surface area contributed by atoms with Gasteiger partial charge in [0.05, 0.1) is 6.16 Å². The van der Waals surface area contributed by atoms with Gasteiger partial charge in [-0.25, -0.2) is 0 Å². The Balaban J connectivity index is 0.00000533. The highest BCUT2D eigenvalue weighted by atomic mass is 79.9. The number of halogens is 1. The molecule has 0 atom stereocenters. The number of benzene rings is 3. The lowest BCUT2D eigenvalue weighted by molar-refractivity contribution is -0.147. The van der Waals surface area contributed by atoms with Crippen molar-refractivity contribution >= 4 is 23.2 Å². The highest BCUT2D eigenvalue weighted by Crippen LogP contribution is 2.56. The zero-order chi connectivity index (χ0) is 26.7. The molecule has 4 heteroatoms. The summed E-state index contributed by atoms with van der Waals surface area (Å²) in [5.74, 6) is 0. The molecular weight excluding hydrogens is 563 g/mol. The molecule has 0 aliphatic heterocycles. The summed E-state index contributed by atoms with van der Waals surface area (Å²) in [5, 5.41) is 4.48. The van der Waals surface area contributed by atoms with Gasteiger partial charge in [0.2, 0.25) is 0 Å². The molecule has 0 aliphatic carbocycles. The first-order valence-electron chi connectivity index (χ1n) is 15.1. The molecule has 3 rings (SSSR count). The Hall–Kier alpha value is -1.51. The van der Waals surface area contributed by atoms with Gasteiger partial charge in [-0.3, -0.25) is 0 Å². The van der Waals surface area contributed by atoms with E-state index < -0.39 is 7.26 Å². The SMILES string of the molecule is CCCCOC(CCCCCCCC[P+](c1ccccc1)(c1ccccc1)c1ccccc1)OCCCC.[Br-]. The molecular formula is C35H50BrO2P. The molecule has 214 valence electrons. The quantitative estimate of drug-likeness (QED) is 0.0929. The van der Waals surface area contributed by atoms with Crippen molar-refractivity contribution in [1.29, 1.82) is 0 Å². The zero-order valence-corrected chi connectivity index (χ0v) is 26.8. The molecule has 0 saturated heterocycles. The molecule has 0 radical (unpaired) electrons. The molecule has 2 nitrogen and oxygen atoms in total. The van der Waals surface area contributed by atoms with Crippen molar-refractivity contribution in [3.05, 3.63) is 91.0 Å². The molecule has 0 spiro atoms. The summed E-state index contributed by atoms with van der Waals surface area (Å²) in [5.41, 5.74) is 0. The Kier molecular flexibility index (Phi) is 17.6. The van der Waals surface area contributed by atoms with Crippen molar-refractivity contribution in [2.75, 3.05) is 19.4 Å². The van der Waals surface area contributed by atoms with Gasteiger partial charge in [0, 0.05) is 13.2 Å². The third-order valence-electron chi connectivity index (χ3n) is 7.38. The van der Waals surface area contributed by atoms with Gasteiger partial charge < -0.3 is 26.5 Å². The first kappa shape index (κ1) is 33.7. The fraction of sp³-hybridized carbons (Fsp3) is 0.486. The topological polar surface area (TPSA) is 18.5 Å². The maximum Gasteiger partial charge on any atom is 0.157 e. The summed E-state index contributed by atoms with van der Waals surface area (Å²) in [4.78, 5) is 0. The van der Waals surface area contributed by atoms with Crippen LogP contribution in [0.25, 0.3) is 0 Å². The van der Waals surface area contributed by atoms with E-state index in [0.717, 1.165) is 32.5 Å². The molecule has 0 N–H and O–H groups in total. The summed E-state index contributed by atoms with van der Waals surface area (Å²) in [6.45, 7) is 6.06. The van der Waals surface area contributed by atoms with Crippen molar-refractivity contribution in [3.63, 3.8) is 0 Å². The summed E-state index contributed by atoms with van der Waals surface area (Å²) in [6, 6.07) is 33.8. The second-order valence-electron chi connectivity index (χ2n) is 10.3. The van der Waals surface area contributed by atoms with Gasteiger partial charge in [0.25, 0.3) is 0 Å². The summed E-state index contributed by atoms with van der Waals surface area (Å²) < 4.78 is 12.0. The minimum atomic E-state index is -1.69. The summed E-state index contributed by atoms with van der Waals surface area (Å²) >= 11 is 0. The molecule has 0 bridgehead atoms. The molecule has 0 saturated carbocycles. The van der Waals surface area contributed by atoms with Crippen LogP contribution in [-0.4, -0.2) is 25.7 Å². The number of ether oxygens (including phenoxy) is 2. The van der Waals surface area contributed by atoms with Crippen molar-refractivity contribution < 1.29 is 26.5 Å². The molecule has 0 amide bonds. The first-order valence-corrected chi connectivity index (χ1v) is 17.1. The van der Waals surface area contributed by atoms with Crippen LogP contribution in [0.5, 0.6) is 0 Å². The first-order chi connectivity index (χ1) is 18.8. The van der Waals surface area contributed by atoms with Gasteiger partial charge in [0.1, 0.15) is 23.2 Å². The van der Waals surface area contributed by atoms with Crippen LogP contribution in [0.2, 0.25) is 0 Å². The fourth-order valence-corrected chi connectivity index (χ4v) is 9.59. The summed E-state index contributed by atoms with van der Waals surface area (Å²) in [6.07, 6.45) is 14.4. The van der Waals surface area contributed by atoms with Crippen molar-refractivity contribution in [2.24, 2.45) is 0 Å². The van der Waals surface area contributed by atoms with Crippen LogP contribution in [-0.2, 0) is 9.47 Å². The van der Waals surface area contributed by atoms with E-state index in [1.807, 2.05) is 0 Å². The Bertz CT molecular complexity index is 861. The van der Waals surface area contributed by atoms with Crippen LogP contribution in [0, 0.1) is 0 Å². The van der Waals surface area contributed by atoms with E-state index in [9.17, 15) is 0 Å². The number of rotatable bonds is 20. The van der Waals surface area contributed by atoms with Crippen LogP contribution in [0.3, 0.4) is 0 Å². The smallest absolute Gasteiger partial charge is 0.157 e. The Morgan fingerprint density at radius 1 is 0.513 bits per heavy atom. The molecule has 39 heavy (non-hydrogen) atoms. The monoisotopic (exact) mass is 612 g/mol. The maximum atomic E-state index is 6.02. The molecule has 3 aromatic rings. The van der Waals surface area contributed by atoms with E-state index in [1.165, 1.54) is 73.4 Å². The van der Waals surface area contributed by atoms with Gasteiger partial charge >= 0.3 is 0 Å². The predicted molar refractivity (Wildman–Crippen MR) is 168 cm³/mol. The van der Waals surface area contributed by atoms with Crippen LogP contribution in [0.15, 0.2) is 91.0 Å². The van der Waals surface area contributed by atoms with Crippen molar-refractivity contribution in [2.45, 2.75) is 90.8 Å². The third-order valence-corrected chi connectivity index (χ3v) is 11.9. The van der Waals surface area contributed by atoms with E-state index >= 15 is 0 Å². The van der Waals surface area contributed by atoms with E-state index in [1.54, 1.807) is 0 Å². The lowest BCUT2D eigenvalue weighted by atomic mass is 10.1. The normalized spacial score (nSPS) is 11.5. The number of unbranched alkanes of at least 4 members (excludes halogenated alkanes) is 7. The average Bonchev–Trinajstić information content (AvgIpc) is 2.98. The van der Waals surface area contributed by atoms with E-state index in [-0.39, 0.29) is 23.3 Å². The second kappa shape index (κ2) is 20.4. The zero-order valence-electron chi connectivity index (χ0n) is 24.3. The van der Waals surface area contributed by atoms with Gasteiger partial charge in [0.15, 0.2) is 6.29 Å². The molecule has 3 aromatic carbocycles. The van der Waals surface area contributed by atoms with Gasteiger partial charge in [-0.05, 0) is 74.9 Å². The van der Waals surface area contributed by atoms with Gasteiger partial charge in [-0.15, -0.1) is 0 Å². The van der Waals surface area contributed by atoms with E-state index in [4.69, 9.17) is 9.47 Å². The minimum Gasteiger partial charge on any atom is -1.00 e. The number of hydrogen-bond donors (Lipinski definition) is 0. The maximum absolute atomic E-state index is 6.02. The van der Waals surface area contributed by atoms with Crippen LogP contribution < -0.4 is 32.9 Å². The van der Waals surface area contributed by atoms with Crippen LogP contribution in [0.4, 0.5) is 0 Å². The predicted octanol–water partition coefficient (Wildman–Crippen LogP) is 5.67. The highest BCUT2D eigenvalue weighted by Gasteiger charge is 2.44. The minimum absolute atomic E-state index is 0. The lowest BCUT2D eigenvalue weighted by Gasteiger charge is -2.27. The second-order valence-corrected chi connectivity index (χ2v) is 13.9. The van der Waals surface area contributed by atoms with Gasteiger partial charge in [-0.1, -0.05) is 101 Å².